The summed E-state index contributed by atoms with van der Waals surface area (Å²) in [6.45, 7) is 0.256. The lowest BCUT2D eigenvalue weighted by Crippen LogP contribution is -2.38. The van der Waals surface area contributed by atoms with Gasteiger partial charge in [0.15, 0.2) is 0 Å². The summed E-state index contributed by atoms with van der Waals surface area (Å²) >= 11 is 0. The standard InChI is InChI=1S/C18H14F3N5O2/c19-18(20,21)11-5-7-12(8-6-11)25-17(28)15-24(10-9-22)16(27)13-3-1-2-4-14(13)26(15)23-25/h1-8H,9-10,22H2/p+1. The molecule has 0 saturated heterocycles. The highest BCUT2D eigenvalue weighted by Gasteiger charge is 2.31. The molecular weight excluding hydrogens is 375 g/mol. The summed E-state index contributed by atoms with van der Waals surface area (Å²) < 4.78 is 42.2. The number of hydrogen-bond donors (Lipinski definition) is 2. The average molecular weight is 390 g/mol. The molecule has 144 valence electrons. The van der Waals surface area contributed by atoms with Crippen molar-refractivity contribution < 1.29 is 17.7 Å². The molecule has 28 heavy (non-hydrogen) atoms. The van der Waals surface area contributed by atoms with Gasteiger partial charge in [-0.2, -0.15) is 13.2 Å². The molecule has 0 amide bonds. The third kappa shape index (κ3) is 2.69. The molecule has 0 unspecified atom stereocenters. The summed E-state index contributed by atoms with van der Waals surface area (Å²) in [5, 5.41) is 3.23. The molecule has 0 fully saturated rings. The lowest BCUT2D eigenvalue weighted by Gasteiger charge is -2.05. The quantitative estimate of drug-likeness (QED) is 0.515. The van der Waals surface area contributed by atoms with E-state index in [1.807, 2.05) is 0 Å². The Morgan fingerprint density at radius 1 is 1.00 bits per heavy atom. The van der Waals surface area contributed by atoms with E-state index in [0.717, 1.165) is 16.8 Å². The Bertz CT molecular complexity index is 1300. The Balaban J connectivity index is 2.03. The number of fused-ring (bicyclic) bond motifs is 3. The zero-order chi connectivity index (χ0) is 20.1. The molecule has 0 aliphatic heterocycles. The summed E-state index contributed by atoms with van der Waals surface area (Å²) in [6.07, 6.45) is -4.48. The molecule has 2 aromatic carbocycles. The topological polar surface area (TPSA) is 89.9 Å². The summed E-state index contributed by atoms with van der Waals surface area (Å²) in [5.74, 6) is 0. The predicted octanol–water partition coefficient (Wildman–Crippen LogP) is 1.20. The maximum Gasteiger partial charge on any atom is 0.416 e. The lowest BCUT2D eigenvalue weighted by molar-refractivity contribution is -0.559. The number of aromatic nitrogens is 4. The van der Waals surface area contributed by atoms with Gasteiger partial charge in [-0.05, 0) is 36.4 Å². The van der Waals surface area contributed by atoms with Gasteiger partial charge < -0.3 is 5.73 Å². The molecule has 0 atom stereocenters. The van der Waals surface area contributed by atoms with Gasteiger partial charge in [-0.15, -0.1) is 14.4 Å². The Morgan fingerprint density at radius 2 is 1.68 bits per heavy atom. The second kappa shape index (κ2) is 6.34. The van der Waals surface area contributed by atoms with Crippen LogP contribution in [0.1, 0.15) is 5.56 Å². The van der Waals surface area contributed by atoms with Crippen LogP contribution in [0.3, 0.4) is 0 Å². The molecule has 0 aliphatic carbocycles. The van der Waals surface area contributed by atoms with Crippen molar-refractivity contribution in [3.63, 3.8) is 0 Å². The van der Waals surface area contributed by atoms with E-state index in [9.17, 15) is 22.8 Å². The van der Waals surface area contributed by atoms with E-state index in [4.69, 9.17) is 5.73 Å². The molecule has 4 rings (SSSR count). The highest BCUT2D eigenvalue weighted by Crippen LogP contribution is 2.29. The molecule has 3 N–H and O–H groups in total. The van der Waals surface area contributed by atoms with E-state index in [-0.39, 0.29) is 30.0 Å². The lowest BCUT2D eigenvalue weighted by atomic mass is 10.2. The minimum absolute atomic E-state index is 0.0500. The number of halogens is 3. The largest absolute Gasteiger partial charge is 0.416 e. The second-order valence-electron chi connectivity index (χ2n) is 6.21. The fraction of sp³-hybridized carbons (Fsp3) is 0.167. The molecule has 0 bridgehead atoms. The molecular formula is C18H15F3N5O2+. The van der Waals surface area contributed by atoms with Crippen molar-refractivity contribution in [1.29, 1.82) is 0 Å². The van der Waals surface area contributed by atoms with Gasteiger partial charge in [-0.25, -0.2) is 9.36 Å². The van der Waals surface area contributed by atoms with Crippen LogP contribution in [0.2, 0.25) is 0 Å². The fourth-order valence-electron chi connectivity index (χ4n) is 3.19. The summed E-state index contributed by atoms with van der Waals surface area (Å²) in [7, 11) is 0. The first-order valence-electron chi connectivity index (χ1n) is 8.39. The molecule has 0 saturated carbocycles. The molecule has 0 spiro atoms. The van der Waals surface area contributed by atoms with E-state index in [0.29, 0.717) is 10.9 Å². The van der Waals surface area contributed by atoms with Gasteiger partial charge in [-0.3, -0.25) is 4.79 Å². The second-order valence-corrected chi connectivity index (χ2v) is 6.21. The maximum atomic E-state index is 13.0. The Morgan fingerprint density at radius 3 is 2.32 bits per heavy atom. The van der Waals surface area contributed by atoms with Crippen LogP contribution in [0.25, 0.3) is 22.2 Å². The zero-order valence-corrected chi connectivity index (χ0v) is 14.4. The first-order chi connectivity index (χ1) is 13.3. The molecule has 2 heterocycles. The molecule has 10 heteroatoms. The van der Waals surface area contributed by atoms with Crippen molar-refractivity contribution in [2.24, 2.45) is 5.73 Å². The first-order valence-corrected chi connectivity index (χ1v) is 8.39. The third-order valence-electron chi connectivity index (χ3n) is 4.49. The van der Waals surface area contributed by atoms with Gasteiger partial charge in [0.1, 0.15) is 11.2 Å². The zero-order valence-electron chi connectivity index (χ0n) is 14.4. The number of benzene rings is 2. The molecule has 7 nitrogen and oxygen atoms in total. The van der Waals surface area contributed by atoms with Gasteiger partial charge in [0.05, 0.1) is 17.5 Å². The number of nitrogens with one attached hydrogen (secondary N) is 1. The Kier molecular flexibility index (Phi) is 4.07. The van der Waals surface area contributed by atoms with Gasteiger partial charge in [-0.1, -0.05) is 12.1 Å². The average Bonchev–Trinajstić information content (AvgIpc) is 3.02. The van der Waals surface area contributed by atoms with Crippen LogP contribution in [-0.2, 0) is 12.7 Å². The van der Waals surface area contributed by atoms with Crippen molar-refractivity contribution in [2.75, 3.05) is 6.54 Å². The van der Waals surface area contributed by atoms with Crippen LogP contribution in [-0.4, -0.2) is 21.0 Å². The van der Waals surface area contributed by atoms with E-state index in [1.54, 1.807) is 24.3 Å². The van der Waals surface area contributed by atoms with Crippen LogP contribution in [0, 0.1) is 0 Å². The van der Waals surface area contributed by atoms with Crippen LogP contribution in [0.5, 0.6) is 0 Å². The molecule has 4 aromatic rings. The van der Waals surface area contributed by atoms with E-state index in [2.05, 4.69) is 5.21 Å². The molecule has 2 aromatic heterocycles. The normalized spacial score (nSPS) is 12.1. The number of nitrogens with zero attached hydrogens (tertiary/aromatic N) is 3. The minimum Gasteiger partial charge on any atom is -0.328 e. The van der Waals surface area contributed by atoms with Crippen molar-refractivity contribution >= 4 is 16.6 Å². The van der Waals surface area contributed by atoms with E-state index < -0.39 is 17.3 Å². The number of rotatable bonds is 3. The smallest absolute Gasteiger partial charge is 0.328 e. The number of aromatic amines is 1. The highest BCUT2D eigenvalue weighted by molar-refractivity contribution is 5.75. The maximum absolute atomic E-state index is 13.0. The molecule has 0 radical (unpaired) electrons. The van der Waals surface area contributed by atoms with Gasteiger partial charge >= 0.3 is 22.9 Å². The summed E-state index contributed by atoms with van der Waals surface area (Å²) in [4.78, 5) is 25.8. The monoisotopic (exact) mass is 390 g/mol. The van der Waals surface area contributed by atoms with Gasteiger partial charge in [0.25, 0.3) is 0 Å². The van der Waals surface area contributed by atoms with Crippen molar-refractivity contribution in [1.82, 2.24) is 14.5 Å². The van der Waals surface area contributed by atoms with E-state index in [1.165, 1.54) is 21.2 Å². The van der Waals surface area contributed by atoms with Gasteiger partial charge in [0.2, 0.25) is 0 Å². The van der Waals surface area contributed by atoms with Gasteiger partial charge in [0, 0.05) is 6.54 Å². The molecule has 0 aliphatic rings. The Hall–Kier alpha value is -3.40. The summed E-state index contributed by atoms with van der Waals surface area (Å²) in [5.41, 5.74) is 4.56. The first kappa shape index (κ1) is 18.0. The minimum atomic E-state index is -4.48. The van der Waals surface area contributed by atoms with Crippen molar-refractivity contribution in [2.45, 2.75) is 12.7 Å². The van der Waals surface area contributed by atoms with Crippen LogP contribution in [0.15, 0.2) is 58.1 Å². The van der Waals surface area contributed by atoms with Crippen LogP contribution < -0.4 is 21.4 Å². The number of H-pyrrole nitrogens is 1. The van der Waals surface area contributed by atoms with Crippen LogP contribution >= 0.6 is 0 Å². The van der Waals surface area contributed by atoms with Crippen molar-refractivity contribution in [3.8, 4) is 5.69 Å². The summed E-state index contributed by atoms with van der Waals surface area (Å²) in [6, 6.07) is 10.9. The Labute approximate surface area is 155 Å². The highest BCUT2D eigenvalue weighted by atomic mass is 19.4. The SMILES string of the molecule is NCCn1c(=O)c2ccccc2[n+]2[nH]n(-c3ccc(C(F)(F)F)cc3)c(=O)c12. The van der Waals surface area contributed by atoms with Crippen LogP contribution in [0.4, 0.5) is 13.2 Å². The third-order valence-corrected chi connectivity index (χ3v) is 4.49. The van der Waals surface area contributed by atoms with Crippen molar-refractivity contribution in [3.05, 3.63) is 74.8 Å². The number of hydrogen-bond acceptors (Lipinski definition) is 3. The van der Waals surface area contributed by atoms with E-state index >= 15 is 0 Å². The number of alkyl halides is 3. The number of para-hydroxylation sites is 1. The number of nitrogens with two attached hydrogens (primary N) is 1. The predicted molar refractivity (Wildman–Crippen MR) is 95.4 cm³/mol. The fourth-order valence-corrected chi connectivity index (χ4v) is 3.19.